The van der Waals surface area contributed by atoms with Gasteiger partial charge in [-0.2, -0.15) is 26.3 Å². The predicted octanol–water partition coefficient (Wildman–Crippen LogP) is 7.33. The van der Waals surface area contributed by atoms with Crippen molar-refractivity contribution in [2.24, 2.45) is 0 Å². The van der Waals surface area contributed by atoms with Crippen LogP contribution in [-0.4, -0.2) is 63.2 Å². The second-order valence-corrected chi connectivity index (χ2v) is 11.1. The lowest BCUT2D eigenvalue weighted by molar-refractivity contribution is -0.143. The second kappa shape index (κ2) is 13.4. The van der Waals surface area contributed by atoms with Gasteiger partial charge in [-0.05, 0) is 67.8 Å². The highest BCUT2D eigenvalue weighted by atomic mass is 19.4. The molecule has 2 aliphatic heterocycles. The highest BCUT2D eigenvalue weighted by molar-refractivity contribution is 6.04. The number of hydrogen-bond donors (Lipinski definition) is 2. The second-order valence-electron chi connectivity index (χ2n) is 11.1. The number of rotatable bonds is 6. The molecule has 0 spiro atoms. The number of nitrogens with zero attached hydrogens (tertiary/aromatic N) is 3. The number of para-hydroxylation sites is 2. The van der Waals surface area contributed by atoms with Crippen molar-refractivity contribution in [1.82, 2.24) is 4.90 Å². The van der Waals surface area contributed by atoms with E-state index in [0.29, 0.717) is 62.7 Å². The first-order chi connectivity index (χ1) is 21.8. The lowest BCUT2D eigenvalue weighted by Crippen LogP contribution is -2.47. The number of hydrogen-bond acceptors (Lipinski definition) is 5. The average Bonchev–Trinajstić information content (AvgIpc) is 3.04. The Labute approximate surface area is 261 Å². The monoisotopic (exact) mass is 649 g/mol. The topological polar surface area (TPSA) is 77.1 Å². The first-order valence-corrected chi connectivity index (χ1v) is 14.8. The summed E-state index contributed by atoms with van der Waals surface area (Å²) in [5.41, 5.74) is -1.68. The number of piperidine rings is 1. The normalized spacial score (nSPS) is 15.8. The average molecular weight is 650 g/mol. The molecule has 8 nitrogen and oxygen atoms in total. The van der Waals surface area contributed by atoms with Crippen molar-refractivity contribution in [3.05, 3.63) is 77.4 Å². The van der Waals surface area contributed by atoms with E-state index in [9.17, 15) is 35.9 Å². The van der Waals surface area contributed by atoms with Crippen LogP contribution in [0.25, 0.3) is 0 Å². The third kappa shape index (κ3) is 7.60. The van der Waals surface area contributed by atoms with E-state index in [4.69, 9.17) is 4.74 Å². The zero-order chi connectivity index (χ0) is 33.1. The van der Waals surface area contributed by atoms with Crippen LogP contribution in [-0.2, 0) is 12.4 Å². The number of anilines is 4. The molecule has 2 fully saturated rings. The van der Waals surface area contributed by atoms with Gasteiger partial charge in [0.25, 0.3) is 5.91 Å². The molecular formula is C32H33F6N5O3. The lowest BCUT2D eigenvalue weighted by Gasteiger charge is -2.39. The van der Waals surface area contributed by atoms with E-state index in [1.807, 2.05) is 24.3 Å². The molecule has 2 N–H and O–H groups in total. The highest BCUT2D eigenvalue weighted by Gasteiger charge is 2.37. The predicted molar refractivity (Wildman–Crippen MR) is 163 cm³/mol. The largest absolute Gasteiger partial charge is 0.495 e. The first-order valence-electron chi connectivity index (χ1n) is 14.8. The van der Waals surface area contributed by atoms with Crippen LogP contribution in [0.4, 0.5) is 53.9 Å². The van der Waals surface area contributed by atoms with Gasteiger partial charge >= 0.3 is 18.4 Å². The summed E-state index contributed by atoms with van der Waals surface area (Å²) in [5, 5.41) is 4.52. The van der Waals surface area contributed by atoms with Crippen LogP contribution in [0.2, 0.25) is 0 Å². The number of amides is 3. The molecule has 0 atom stereocenters. The Hall–Kier alpha value is -4.62. The number of ether oxygens (including phenoxy) is 1. The zero-order valence-corrected chi connectivity index (χ0v) is 25.0. The summed E-state index contributed by atoms with van der Waals surface area (Å²) >= 11 is 0. The van der Waals surface area contributed by atoms with Crippen LogP contribution in [0, 0.1) is 0 Å². The SMILES string of the molecule is COc1ccccc1N1CCN(c2ccc(NC(=O)Nc3cc(C(F)(F)F)cc(C(F)(F)F)c3)cc2C(=O)N2CCCCC2)CC1. The van der Waals surface area contributed by atoms with Crippen molar-refractivity contribution in [1.29, 1.82) is 0 Å². The lowest BCUT2D eigenvalue weighted by atomic mass is 10.1. The molecule has 0 radical (unpaired) electrons. The summed E-state index contributed by atoms with van der Waals surface area (Å²) in [6, 6.07) is 12.2. The van der Waals surface area contributed by atoms with E-state index < -0.39 is 35.2 Å². The molecule has 2 aliphatic rings. The Balaban J connectivity index is 1.37. The molecule has 2 heterocycles. The van der Waals surface area contributed by atoms with Gasteiger partial charge in [0.15, 0.2) is 0 Å². The Morgan fingerprint density at radius 1 is 0.674 bits per heavy atom. The molecule has 0 bridgehead atoms. The first kappa shape index (κ1) is 32.8. The molecule has 3 amide bonds. The van der Waals surface area contributed by atoms with Gasteiger partial charge in [-0.3, -0.25) is 4.79 Å². The molecule has 14 heteroatoms. The number of methoxy groups -OCH3 is 1. The fraction of sp³-hybridized carbons (Fsp3) is 0.375. The summed E-state index contributed by atoms with van der Waals surface area (Å²) in [7, 11) is 1.61. The summed E-state index contributed by atoms with van der Waals surface area (Å²) in [4.78, 5) is 32.6. The number of likely N-dealkylation sites (tertiary alicyclic amines) is 1. The third-order valence-corrected chi connectivity index (χ3v) is 8.02. The Morgan fingerprint density at radius 2 is 1.24 bits per heavy atom. The Morgan fingerprint density at radius 3 is 1.83 bits per heavy atom. The van der Waals surface area contributed by atoms with E-state index in [1.165, 1.54) is 6.07 Å². The fourth-order valence-electron chi connectivity index (χ4n) is 5.73. The van der Waals surface area contributed by atoms with Crippen LogP contribution in [0.1, 0.15) is 40.7 Å². The molecule has 46 heavy (non-hydrogen) atoms. The van der Waals surface area contributed by atoms with Gasteiger partial charge in [-0.15, -0.1) is 0 Å². The highest BCUT2D eigenvalue weighted by Crippen LogP contribution is 2.38. The third-order valence-electron chi connectivity index (χ3n) is 8.02. The van der Waals surface area contributed by atoms with E-state index in [0.717, 1.165) is 30.7 Å². The van der Waals surface area contributed by atoms with Crippen LogP contribution in [0.15, 0.2) is 60.7 Å². The summed E-state index contributed by atoms with van der Waals surface area (Å²) in [5.74, 6) is 0.531. The zero-order valence-electron chi connectivity index (χ0n) is 25.0. The molecule has 5 rings (SSSR count). The minimum absolute atomic E-state index is 0.0174. The number of halogens is 6. The van der Waals surface area contributed by atoms with Crippen LogP contribution in [0.5, 0.6) is 5.75 Å². The minimum Gasteiger partial charge on any atom is -0.495 e. The number of nitrogens with one attached hydrogen (secondary N) is 2. The van der Waals surface area contributed by atoms with Gasteiger partial charge in [-0.25, -0.2) is 4.79 Å². The van der Waals surface area contributed by atoms with Crippen molar-refractivity contribution in [2.75, 3.05) is 66.8 Å². The van der Waals surface area contributed by atoms with Crippen LogP contribution < -0.4 is 25.2 Å². The maximum absolute atomic E-state index is 13.8. The van der Waals surface area contributed by atoms with E-state index in [-0.39, 0.29) is 17.7 Å². The molecular weight excluding hydrogens is 616 g/mol. The van der Waals surface area contributed by atoms with Gasteiger partial charge in [-0.1, -0.05) is 12.1 Å². The molecule has 3 aromatic rings. The van der Waals surface area contributed by atoms with Crippen molar-refractivity contribution in [2.45, 2.75) is 31.6 Å². The van der Waals surface area contributed by atoms with Crippen molar-refractivity contribution >= 4 is 34.7 Å². The van der Waals surface area contributed by atoms with Gasteiger partial charge in [0, 0.05) is 56.3 Å². The van der Waals surface area contributed by atoms with Crippen molar-refractivity contribution < 1.29 is 40.7 Å². The summed E-state index contributed by atoms with van der Waals surface area (Å²) in [6.45, 7) is 3.63. The molecule has 2 saturated heterocycles. The van der Waals surface area contributed by atoms with Gasteiger partial charge in [0.1, 0.15) is 5.75 Å². The van der Waals surface area contributed by atoms with Gasteiger partial charge < -0.3 is 30.1 Å². The number of piperazine rings is 1. The number of carbonyl (C=O) groups is 2. The summed E-state index contributed by atoms with van der Waals surface area (Å²) in [6.07, 6.45) is -7.40. The minimum atomic E-state index is -5.06. The number of benzene rings is 3. The van der Waals surface area contributed by atoms with E-state index in [2.05, 4.69) is 20.4 Å². The molecule has 0 unspecified atom stereocenters. The van der Waals surface area contributed by atoms with Crippen LogP contribution >= 0.6 is 0 Å². The number of alkyl halides is 6. The number of urea groups is 1. The number of carbonyl (C=O) groups excluding carboxylic acids is 2. The summed E-state index contributed by atoms with van der Waals surface area (Å²) < 4.78 is 85.2. The molecule has 246 valence electrons. The molecule has 0 aliphatic carbocycles. The molecule has 0 aromatic heterocycles. The van der Waals surface area contributed by atoms with Crippen LogP contribution in [0.3, 0.4) is 0 Å². The fourth-order valence-corrected chi connectivity index (χ4v) is 5.73. The Kier molecular flexibility index (Phi) is 9.54. The van der Waals surface area contributed by atoms with Gasteiger partial charge in [0.2, 0.25) is 0 Å². The Bertz CT molecular complexity index is 1530. The standard InChI is InChI=1S/C32H33F6N5O3/c1-46-28-8-4-3-7-27(28)42-15-13-41(14-16-42)26-10-9-23(20-25(26)29(44)43-11-5-2-6-12-43)39-30(45)40-24-18-21(31(33,34)35)17-22(19-24)32(36,37)38/h3-4,7-10,17-20H,2,5-6,11-16H2,1H3,(H2,39,40,45). The maximum atomic E-state index is 13.8. The van der Waals surface area contributed by atoms with Gasteiger partial charge in [0.05, 0.1) is 29.5 Å². The van der Waals surface area contributed by atoms with E-state index in [1.54, 1.807) is 24.1 Å². The smallest absolute Gasteiger partial charge is 0.416 e. The van der Waals surface area contributed by atoms with Crippen molar-refractivity contribution in [3.8, 4) is 5.75 Å². The van der Waals surface area contributed by atoms with E-state index >= 15 is 0 Å². The quantitative estimate of drug-likeness (QED) is 0.274. The molecule has 0 saturated carbocycles. The molecule has 3 aromatic carbocycles. The maximum Gasteiger partial charge on any atom is 0.416 e. The van der Waals surface area contributed by atoms with Crippen molar-refractivity contribution in [3.63, 3.8) is 0 Å².